The molecule has 0 saturated carbocycles. The molecule has 1 aliphatic rings. The number of fused-ring (bicyclic) bond motifs is 1. The molecule has 0 radical (unpaired) electrons. The summed E-state index contributed by atoms with van der Waals surface area (Å²) < 4.78 is 35.9. The first-order valence-corrected chi connectivity index (χ1v) is 12.7. The fourth-order valence-corrected chi connectivity index (χ4v) is 5.23. The molecule has 1 aromatic carbocycles. The van der Waals surface area contributed by atoms with E-state index in [0.717, 1.165) is 55.7 Å². The van der Waals surface area contributed by atoms with Gasteiger partial charge in [0.05, 0.1) is 23.2 Å². The summed E-state index contributed by atoms with van der Waals surface area (Å²) in [5.41, 5.74) is 1.99. The lowest BCUT2D eigenvalue weighted by Crippen LogP contribution is -2.45. The zero-order valence-corrected chi connectivity index (χ0v) is 20.7. The predicted molar refractivity (Wildman–Crippen MR) is 129 cm³/mol. The third-order valence-electron chi connectivity index (χ3n) is 5.94. The van der Waals surface area contributed by atoms with Crippen LogP contribution >= 0.6 is 11.6 Å². The molecule has 33 heavy (non-hydrogen) atoms. The Bertz CT molecular complexity index is 1240. The van der Waals surface area contributed by atoms with Crippen LogP contribution in [-0.2, 0) is 10.0 Å². The van der Waals surface area contributed by atoms with Crippen LogP contribution in [0.25, 0.3) is 16.6 Å². The van der Waals surface area contributed by atoms with Gasteiger partial charge < -0.3 is 14.5 Å². The number of aryl methyl sites for hydroxylation is 1. The van der Waals surface area contributed by atoms with Gasteiger partial charge in [0.2, 0.25) is 10.0 Å². The van der Waals surface area contributed by atoms with Gasteiger partial charge in [-0.1, -0.05) is 11.6 Å². The van der Waals surface area contributed by atoms with E-state index in [9.17, 15) is 8.42 Å². The SMILES string of the molecule is COc1ccc(S(=O)(=O)NCCCN2CCN(C)CC2)cc1-n1nc(C)c2cnc(Cl)cc21. The zero-order chi connectivity index (χ0) is 23.6. The number of rotatable bonds is 8. The lowest BCUT2D eigenvalue weighted by atomic mass is 10.2. The van der Waals surface area contributed by atoms with Crippen molar-refractivity contribution < 1.29 is 13.2 Å². The molecule has 3 aromatic rings. The van der Waals surface area contributed by atoms with Gasteiger partial charge in [-0.3, -0.25) is 0 Å². The highest BCUT2D eigenvalue weighted by molar-refractivity contribution is 7.89. The number of benzene rings is 1. The third kappa shape index (κ3) is 5.30. The Morgan fingerprint density at radius 3 is 2.67 bits per heavy atom. The van der Waals surface area contributed by atoms with Gasteiger partial charge in [-0.2, -0.15) is 5.10 Å². The quantitative estimate of drug-likeness (QED) is 0.381. The van der Waals surface area contributed by atoms with Gasteiger partial charge in [0.25, 0.3) is 0 Å². The van der Waals surface area contributed by atoms with Crippen LogP contribution in [0.4, 0.5) is 0 Å². The van der Waals surface area contributed by atoms with Crippen LogP contribution in [0.3, 0.4) is 0 Å². The van der Waals surface area contributed by atoms with E-state index in [-0.39, 0.29) is 4.90 Å². The van der Waals surface area contributed by atoms with Crippen LogP contribution in [0.2, 0.25) is 5.15 Å². The van der Waals surface area contributed by atoms with Gasteiger partial charge >= 0.3 is 0 Å². The molecule has 1 fully saturated rings. The fourth-order valence-electron chi connectivity index (χ4n) is 3.98. The average Bonchev–Trinajstić information content (AvgIpc) is 3.12. The number of hydrogen-bond acceptors (Lipinski definition) is 7. The van der Waals surface area contributed by atoms with Crippen molar-refractivity contribution in [1.29, 1.82) is 0 Å². The van der Waals surface area contributed by atoms with Gasteiger partial charge in [0.1, 0.15) is 16.6 Å². The summed E-state index contributed by atoms with van der Waals surface area (Å²) in [4.78, 5) is 8.94. The van der Waals surface area contributed by atoms with E-state index >= 15 is 0 Å². The van der Waals surface area contributed by atoms with Crippen molar-refractivity contribution in [3.63, 3.8) is 0 Å². The number of hydrogen-bond donors (Lipinski definition) is 1. The van der Waals surface area contributed by atoms with Crippen LogP contribution in [0.1, 0.15) is 12.1 Å². The second-order valence-corrected chi connectivity index (χ2v) is 10.4. The number of nitrogens with zero attached hydrogens (tertiary/aromatic N) is 5. The molecule has 11 heteroatoms. The molecule has 2 aromatic heterocycles. The van der Waals surface area contributed by atoms with E-state index in [4.69, 9.17) is 16.3 Å². The summed E-state index contributed by atoms with van der Waals surface area (Å²) in [5.74, 6) is 0.501. The average molecular weight is 493 g/mol. The van der Waals surface area contributed by atoms with E-state index in [0.29, 0.717) is 23.1 Å². The molecule has 178 valence electrons. The smallest absolute Gasteiger partial charge is 0.240 e. The van der Waals surface area contributed by atoms with Crippen molar-refractivity contribution in [2.45, 2.75) is 18.2 Å². The van der Waals surface area contributed by atoms with Crippen molar-refractivity contribution in [3.05, 3.63) is 41.3 Å². The Morgan fingerprint density at radius 1 is 1.18 bits per heavy atom. The number of ether oxygens (including phenoxy) is 1. The Labute approximate surface area is 199 Å². The van der Waals surface area contributed by atoms with Crippen molar-refractivity contribution in [1.82, 2.24) is 29.3 Å². The van der Waals surface area contributed by atoms with Crippen LogP contribution < -0.4 is 9.46 Å². The predicted octanol–water partition coefficient (Wildman–Crippen LogP) is 2.31. The van der Waals surface area contributed by atoms with Crippen LogP contribution in [0, 0.1) is 6.92 Å². The maximum absolute atomic E-state index is 13.0. The normalized spacial score (nSPS) is 15.9. The van der Waals surface area contributed by atoms with Crippen LogP contribution in [-0.4, -0.2) is 86.4 Å². The second-order valence-electron chi connectivity index (χ2n) is 8.25. The number of piperazine rings is 1. The molecule has 9 nitrogen and oxygen atoms in total. The van der Waals surface area contributed by atoms with Crippen LogP contribution in [0.5, 0.6) is 5.75 Å². The second kappa shape index (κ2) is 9.94. The molecule has 0 unspecified atom stereocenters. The molecule has 1 aliphatic heterocycles. The molecular weight excluding hydrogens is 464 g/mol. The first-order chi connectivity index (χ1) is 15.8. The number of likely N-dealkylation sites (N-methyl/N-ethyl adjacent to an activating group) is 1. The first-order valence-electron chi connectivity index (χ1n) is 10.9. The summed E-state index contributed by atoms with van der Waals surface area (Å²) >= 11 is 6.10. The molecular formula is C22H29ClN6O3S. The number of sulfonamides is 1. The maximum Gasteiger partial charge on any atom is 0.240 e. The van der Waals surface area contributed by atoms with Crippen molar-refractivity contribution in [2.24, 2.45) is 0 Å². The van der Waals surface area contributed by atoms with E-state index < -0.39 is 10.0 Å². The topological polar surface area (TPSA) is 92.6 Å². The highest BCUT2D eigenvalue weighted by Gasteiger charge is 2.20. The fraction of sp³-hybridized carbons (Fsp3) is 0.455. The van der Waals surface area contributed by atoms with E-state index in [1.54, 1.807) is 29.1 Å². The first kappa shape index (κ1) is 23.9. The number of pyridine rings is 1. The molecule has 0 amide bonds. The molecule has 1 saturated heterocycles. The number of halogens is 1. The Balaban J connectivity index is 1.53. The van der Waals surface area contributed by atoms with Gasteiger partial charge in [-0.05, 0) is 45.1 Å². The minimum absolute atomic E-state index is 0.152. The molecule has 0 atom stereocenters. The highest BCUT2D eigenvalue weighted by atomic mass is 35.5. The molecule has 0 bridgehead atoms. The largest absolute Gasteiger partial charge is 0.494 e. The maximum atomic E-state index is 13.0. The number of methoxy groups -OCH3 is 1. The van der Waals surface area contributed by atoms with Crippen molar-refractivity contribution in [3.8, 4) is 11.4 Å². The van der Waals surface area contributed by atoms with Gasteiger partial charge in [0, 0.05) is 50.4 Å². The summed E-state index contributed by atoms with van der Waals surface area (Å²) in [6.07, 6.45) is 2.41. The standard InChI is InChI=1S/C22H29ClN6O3S/c1-16-18-15-24-22(23)14-19(18)29(26-16)20-13-17(5-6-21(20)32-3)33(30,31)25-7-4-8-28-11-9-27(2)10-12-28/h5-6,13-15,25H,4,7-12H2,1-3H3. The van der Waals surface area contributed by atoms with Gasteiger partial charge in [0.15, 0.2) is 0 Å². The lowest BCUT2D eigenvalue weighted by Gasteiger charge is -2.32. The number of nitrogens with one attached hydrogen (secondary N) is 1. The molecule has 4 rings (SSSR count). The monoisotopic (exact) mass is 492 g/mol. The highest BCUT2D eigenvalue weighted by Crippen LogP contribution is 2.30. The van der Waals surface area contributed by atoms with Gasteiger partial charge in [-0.15, -0.1) is 0 Å². The minimum atomic E-state index is -3.69. The summed E-state index contributed by atoms with van der Waals surface area (Å²) in [6, 6.07) is 6.45. The Morgan fingerprint density at radius 2 is 1.94 bits per heavy atom. The number of aromatic nitrogens is 3. The Kier molecular flexibility index (Phi) is 7.20. The summed E-state index contributed by atoms with van der Waals surface area (Å²) in [5, 5.41) is 5.74. The minimum Gasteiger partial charge on any atom is -0.494 e. The summed E-state index contributed by atoms with van der Waals surface area (Å²) in [7, 11) is -0.0371. The van der Waals surface area contributed by atoms with Crippen molar-refractivity contribution >= 4 is 32.5 Å². The lowest BCUT2D eigenvalue weighted by molar-refractivity contribution is 0.153. The van der Waals surface area contributed by atoms with Crippen molar-refractivity contribution in [2.75, 3.05) is 53.4 Å². The third-order valence-corrected chi connectivity index (χ3v) is 7.61. The zero-order valence-electron chi connectivity index (χ0n) is 19.1. The van der Waals surface area contributed by atoms with Gasteiger partial charge in [-0.25, -0.2) is 22.8 Å². The van der Waals surface area contributed by atoms with E-state index in [1.807, 2.05) is 6.92 Å². The molecule has 1 N–H and O–H groups in total. The molecule has 0 aliphatic carbocycles. The molecule has 3 heterocycles. The summed E-state index contributed by atoms with van der Waals surface area (Å²) in [6.45, 7) is 7.23. The van der Waals surface area contributed by atoms with Crippen LogP contribution in [0.15, 0.2) is 35.4 Å². The van der Waals surface area contributed by atoms with E-state index in [1.165, 1.54) is 13.2 Å². The molecule has 0 spiro atoms. The van der Waals surface area contributed by atoms with E-state index in [2.05, 4.69) is 31.7 Å². The Hall–Kier alpha value is -2.24.